The highest BCUT2D eigenvalue weighted by atomic mass is 31.2. The molecule has 0 heterocycles. The summed E-state index contributed by atoms with van der Waals surface area (Å²) in [5.74, 6) is 1.21. The molecule has 24 heavy (non-hydrogen) atoms. The van der Waals surface area contributed by atoms with E-state index in [1.807, 2.05) is 6.92 Å². The smallest absolute Gasteiger partial charge is 0.303 e. The Balaban J connectivity index is 5.42. The van der Waals surface area contributed by atoms with Crippen molar-refractivity contribution in [1.29, 1.82) is 0 Å². The van der Waals surface area contributed by atoms with Crippen LogP contribution in [0.25, 0.3) is 0 Å². The third-order valence-electron chi connectivity index (χ3n) is 5.11. The van der Waals surface area contributed by atoms with E-state index in [0.717, 1.165) is 51.4 Å². The van der Waals surface area contributed by atoms with E-state index in [4.69, 9.17) is 4.52 Å². The first kappa shape index (κ1) is 24.1. The van der Waals surface area contributed by atoms with Gasteiger partial charge in [-0.1, -0.05) is 91.9 Å². The molecule has 2 N–H and O–H groups in total. The van der Waals surface area contributed by atoms with Gasteiger partial charge in [0, 0.05) is 0 Å². The van der Waals surface area contributed by atoms with Gasteiger partial charge in [-0.25, -0.2) is 4.57 Å². The molecular formula is C19H41O4P. The normalized spacial score (nSPS) is 17.5. The summed E-state index contributed by atoms with van der Waals surface area (Å²) in [5.41, 5.74) is 0. The van der Waals surface area contributed by atoms with Crippen LogP contribution in [0.4, 0.5) is 0 Å². The maximum absolute atomic E-state index is 11.4. The van der Waals surface area contributed by atoms with Crippen molar-refractivity contribution in [3.8, 4) is 0 Å². The third kappa shape index (κ3) is 10.2. The van der Waals surface area contributed by atoms with Gasteiger partial charge in [0.25, 0.3) is 0 Å². The molecule has 146 valence electrons. The van der Waals surface area contributed by atoms with Crippen molar-refractivity contribution in [2.24, 2.45) is 17.8 Å². The lowest BCUT2D eigenvalue weighted by Crippen LogP contribution is -2.34. The van der Waals surface area contributed by atoms with Gasteiger partial charge in [0.2, 0.25) is 0 Å². The average Bonchev–Trinajstić information content (AvgIpc) is 2.48. The van der Waals surface area contributed by atoms with Crippen LogP contribution in [0, 0.1) is 17.8 Å². The van der Waals surface area contributed by atoms with Gasteiger partial charge >= 0.3 is 7.82 Å². The molecule has 0 fully saturated rings. The van der Waals surface area contributed by atoms with Crippen molar-refractivity contribution in [3.63, 3.8) is 0 Å². The van der Waals surface area contributed by atoms with E-state index >= 15 is 0 Å². The molecule has 0 aromatic carbocycles. The summed E-state index contributed by atoms with van der Waals surface area (Å²) in [6, 6.07) is 0. The van der Waals surface area contributed by atoms with Crippen LogP contribution in [0.15, 0.2) is 0 Å². The van der Waals surface area contributed by atoms with Gasteiger partial charge in [0.1, 0.15) is 0 Å². The Hall–Kier alpha value is 0.110. The van der Waals surface area contributed by atoms with Crippen molar-refractivity contribution in [2.45, 2.75) is 105 Å². The topological polar surface area (TPSA) is 66.8 Å². The van der Waals surface area contributed by atoms with Gasteiger partial charge in [0.05, 0.1) is 6.10 Å². The SMILES string of the molecule is CCCCC(CCC)C(C(CCC)CCCC)C(C)OP(=O)(O)O. The lowest BCUT2D eigenvalue weighted by Gasteiger charge is -2.38. The summed E-state index contributed by atoms with van der Waals surface area (Å²) in [4.78, 5) is 18.6. The predicted molar refractivity (Wildman–Crippen MR) is 102 cm³/mol. The lowest BCUT2D eigenvalue weighted by atomic mass is 9.71. The van der Waals surface area contributed by atoms with Gasteiger partial charge in [-0.15, -0.1) is 0 Å². The zero-order valence-corrected chi connectivity index (χ0v) is 17.4. The Morgan fingerprint density at radius 3 is 1.50 bits per heavy atom. The van der Waals surface area contributed by atoms with Crippen molar-refractivity contribution in [2.75, 3.05) is 0 Å². The summed E-state index contributed by atoms with van der Waals surface area (Å²) in [6.45, 7) is 10.7. The predicted octanol–water partition coefficient (Wildman–Crippen LogP) is 6.31. The highest BCUT2D eigenvalue weighted by molar-refractivity contribution is 7.46. The molecule has 0 saturated heterocycles. The Bertz CT molecular complexity index is 324. The summed E-state index contributed by atoms with van der Waals surface area (Å²) >= 11 is 0. The summed E-state index contributed by atoms with van der Waals surface area (Å²) in [7, 11) is -4.44. The molecule has 0 aliphatic rings. The first-order valence-corrected chi connectivity index (χ1v) is 11.6. The van der Waals surface area contributed by atoms with E-state index in [1.54, 1.807) is 0 Å². The van der Waals surface area contributed by atoms with Crippen LogP contribution in [-0.4, -0.2) is 15.9 Å². The molecule has 0 aromatic rings. The fraction of sp³-hybridized carbons (Fsp3) is 1.00. The fourth-order valence-corrected chi connectivity index (χ4v) is 4.74. The molecule has 4 nitrogen and oxygen atoms in total. The largest absolute Gasteiger partial charge is 0.469 e. The molecule has 0 aliphatic carbocycles. The van der Waals surface area contributed by atoms with Crippen LogP contribution in [0.5, 0.6) is 0 Å². The molecule has 0 radical (unpaired) electrons. The molecule has 3 unspecified atom stereocenters. The maximum atomic E-state index is 11.4. The fourth-order valence-electron chi connectivity index (χ4n) is 4.17. The highest BCUT2D eigenvalue weighted by Crippen LogP contribution is 2.45. The first-order chi connectivity index (χ1) is 11.3. The molecule has 0 aliphatic heterocycles. The quantitative estimate of drug-likeness (QED) is 0.334. The van der Waals surface area contributed by atoms with Crippen molar-refractivity contribution in [3.05, 3.63) is 0 Å². The second-order valence-electron chi connectivity index (χ2n) is 7.26. The minimum atomic E-state index is -4.44. The number of hydrogen-bond donors (Lipinski definition) is 2. The molecule has 0 saturated carbocycles. The number of rotatable bonds is 15. The Kier molecular flexibility index (Phi) is 13.4. The van der Waals surface area contributed by atoms with Gasteiger partial charge < -0.3 is 9.79 Å². The van der Waals surface area contributed by atoms with Gasteiger partial charge in [-0.05, 0) is 24.7 Å². The third-order valence-corrected chi connectivity index (χ3v) is 5.72. The molecule has 0 amide bonds. The van der Waals surface area contributed by atoms with E-state index in [-0.39, 0.29) is 5.92 Å². The minimum Gasteiger partial charge on any atom is -0.303 e. The minimum absolute atomic E-state index is 0.232. The van der Waals surface area contributed by atoms with Gasteiger partial charge in [0.15, 0.2) is 0 Å². The molecule has 0 bridgehead atoms. The number of hydrogen-bond acceptors (Lipinski definition) is 2. The number of phosphoric ester groups is 1. The monoisotopic (exact) mass is 364 g/mol. The van der Waals surface area contributed by atoms with E-state index in [9.17, 15) is 14.4 Å². The van der Waals surface area contributed by atoms with Crippen molar-refractivity contribution in [1.82, 2.24) is 0 Å². The summed E-state index contributed by atoms with van der Waals surface area (Å²) in [6.07, 6.45) is 11.0. The summed E-state index contributed by atoms with van der Waals surface area (Å²) in [5, 5.41) is 0. The number of phosphoric acid groups is 1. The second kappa shape index (κ2) is 13.3. The van der Waals surface area contributed by atoms with Gasteiger partial charge in [-0.3, -0.25) is 4.52 Å². The molecule has 0 aromatic heterocycles. The van der Waals surface area contributed by atoms with Crippen LogP contribution < -0.4 is 0 Å². The Morgan fingerprint density at radius 2 is 1.21 bits per heavy atom. The van der Waals surface area contributed by atoms with Crippen LogP contribution >= 0.6 is 7.82 Å². The second-order valence-corrected chi connectivity index (χ2v) is 8.45. The zero-order chi connectivity index (χ0) is 18.6. The van der Waals surface area contributed by atoms with Crippen LogP contribution in [0.1, 0.15) is 98.8 Å². The van der Waals surface area contributed by atoms with E-state index in [2.05, 4.69) is 27.7 Å². The number of unbranched alkanes of at least 4 members (excludes halogenated alkanes) is 2. The molecule has 0 rings (SSSR count). The Labute approximate surface area is 150 Å². The molecule has 3 atom stereocenters. The maximum Gasteiger partial charge on any atom is 0.469 e. The van der Waals surface area contributed by atoms with E-state index in [1.165, 1.54) is 12.8 Å². The first-order valence-electron chi connectivity index (χ1n) is 10.0. The van der Waals surface area contributed by atoms with Crippen molar-refractivity contribution >= 4 is 7.82 Å². The zero-order valence-electron chi connectivity index (χ0n) is 16.5. The molecular weight excluding hydrogens is 323 g/mol. The molecule has 0 spiro atoms. The van der Waals surface area contributed by atoms with Crippen LogP contribution in [0.3, 0.4) is 0 Å². The standard InChI is InChI=1S/C19H41O4P/c1-6-10-14-17(12-8-3)19(16(5)23-24(20,21)22)18(13-9-4)15-11-7-2/h16-19H,6-15H2,1-5H3,(H2,20,21,22). The van der Waals surface area contributed by atoms with Gasteiger partial charge in [-0.2, -0.15) is 0 Å². The van der Waals surface area contributed by atoms with Crippen molar-refractivity contribution < 1.29 is 18.9 Å². The Morgan fingerprint density at radius 1 is 0.792 bits per heavy atom. The summed E-state index contributed by atoms with van der Waals surface area (Å²) < 4.78 is 16.6. The molecule has 5 heteroatoms. The van der Waals surface area contributed by atoms with E-state index in [0.29, 0.717) is 11.8 Å². The van der Waals surface area contributed by atoms with Crippen LogP contribution in [0.2, 0.25) is 0 Å². The van der Waals surface area contributed by atoms with Crippen LogP contribution in [-0.2, 0) is 9.09 Å². The highest BCUT2D eigenvalue weighted by Gasteiger charge is 2.36. The average molecular weight is 365 g/mol. The lowest BCUT2D eigenvalue weighted by molar-refractivity contribution is 0.0282. The van der Waals surface area contributed by atoms with E-state index < -0.39 is 13.9 Å².